The molecule has 1 aliphatic rings. The minimum atomic E-state index is -4.89. The van der Waals surface area contributed by atoms with Crippen molar-refractivity contribution in [1.82, 2.24) is 0 Å². The molecule has 0 aromatic heterocycles. The first-order chi connectivity index (χ1) is 13.2. The van der Waals surface area contributed by atoms with Crippen molar-refractivity contribution in [1.29, 1.82) is 0 Å². The summed E-state index contributed by atoms with van der Waals surface area (Å²) in [7, 11) is 0. The first-order valence-electron chi connectivity index (χ1n) is 8.80. The van der Waals surface area contributed by atoms with E-state index in [1.165, 1.54) is 0 Å². The summed E-state index contributed by atoms with van der Waals surface area (Å²) in [6, 6.07) is 3.72. The van der Waals surface area contributed by atoms with Gasteiger partial charge in [-0.3, -0.25) is 0 Å². The molecule has 1 aliphatic heterocycles. The molecule has 0 unspecified atom stereocenters. The van der Waals surface area contributed by atoms with E-state index in [-0.39, 0.29) is 17.0 Å². The molecule has 0 N–H and O–H groups in total. The van der Waals surface area contributed by atoms with Crippen molar-refractivity contribution in [3.63, 3.8) is 0 Å². The number of hydrogen-bond acceptors (Lipinski definition) is 2. The summed E-state index contributed by atoms with van der Waals surface area (Å²) in [4.78, 5) is 0. The van der Waals surface area contributed by atoms with Gasteiger partial charge in [-0.15, -0.1) is 0 Å². The Hall–Kier alpha value is -2.06. The van der Waals surface area contributed by atoms with Crippen molar-refractivity contribution in [2.45, 2.75) is 32.2 Å². The normalized spacial score (nSPS) is 20.4. The Morgan fingerprint density at radius 2 is 1.54 bits per heavy atom. The third-order valence-corrected chi connectivity index (χ3v) is 4.56. The number of alkyl halides is 3. The second kappa shape index (κ2) is 8.13. The second-order valence-electron chi connectivity index (χ2n) is 6.71. The zero-order chi connectivity index (χ0) is 20.5. The summed E-state index contributed by atoms with van der Waals surface area (Å²) >= 11 is 0. The molecule has 28 heavy (non-hydrogen) atoms. The highest BCUT2D eigenvalue weighted by atomic mass is 19.4. The fourth-order valence-electron chi connectivity index (χ4n) is 3.22. The van der Waals surface area contributed by atoms with Gasteiger partial charge < -0.3 is 9.47 Å². The van der Waals surface area contributed by atoms with Gasteiger partial charge in [0.25, 0.3) is 0 Å². The fourth-order valence-corrected chi connectivity index (χ4v) is 3.22. The van der Waals surface area contributed by atoms with Gasteiger partial charge >= 0.3 is 6.18 Å². The van der Waals surface area contributed by atoms with Gasteiger partial charge in [-0.2, -0.15) is 13.2 Å². The third-order valence-electron chi connectivity index (χ3n) is 4.56. The van der Waals surface area contributed by atoms with Crippen LogP contribution in [0.5, 0.6) is 0 Å². The summed E-state index contributed by atoms with van der Waals surface area (Å²) in [5.41, 5.74) is -2.34. The van der Waals surface area contributed by atoms with E-state index in [2.05, 4.69) is 0 Å². The molecule has 8 heteroatoms. The molecule has 0 spiro atoms. The van der Waals surface area contributed by atoms with Crippen molar-refractivity contribution < 1.29 is 35.8 Å². The summed E-state index contributed by atoms with van der Waals surface area (Å²) in [5.74, 6) is -3.48. The predicted molar refractivity (Wildman–Crippen MR) is 89.8 cm³/mol. The summed E-state index contributed by atoms with van der Waals surface area (Å²) < 4.78 is 91.8. The molecule has 1 saturated heterocycles. The maximum absolute atomic E-state index is 14.5. The Morgan fingerprint density at radius 1 is 0.929 bits per heavy atom. The smallest absolute Gasteiger partial charge is 0.348 e. The van der Waals surface area contributed by atoms with Crippen LogP contribution < -0.4 is 0 Å². The minimum Gasteiger partial charge on any atom is -0.348 e. The second-order valence-corrected chi connectivity index (χ2v) is 6.71. The molecule has 0 atom stereocenters. The van der Waals surface area contributed by atoms with Crippen LogP contribution in [0.15, 0.2) is 30.3 Å². The Balaban J connectivity index is 1.86. The molecule has 3 rings (SSSR count). The lowest BCUT2D eigenvalue weighted by molar-refractivity contribution is -0.206. The van der Waals surface area contributed by atoms with E-state index in [1.54, 1.807) is 0 Å². The monoisotopic (exact) mass is 404 g/mol. The SMILES string of the molecule is CCCC1COC(c2cc(F)c(-c3ccc(C(F)(F)F)c(F)c3)c(F)c2)OC1. The van der Waals surface area contributed by atoms with Gasteiger partial charge in [0.1, 0.15) is 17.5 Å². The van der Waals surface area contributed by atoms with Gasteiger partial charge in [0, 0.05) is 11.5 Å². The maximum Gasteiger partial charge on any atom is 0.419 e. The van der Waals surface area contributed by atoms with Crippen molar-refractivity contribution in [2.75, 3.05) is 13.2 Å². The number of hydrogen-bond donors (Lipinski definition) is 0. The Morgan fingerprint density at radius 3 is 2.04 bits per heavy atom. The summed E-state index contributed by atoms with van der Waals surface area (Å²) in [5, 5.41) is 0. The van der Waals surface area contributed by atoms with Gasteiger partial charge in [-0.1, -0.05) is 19.4 Å². The van der Waals surface area contributed by atoms with Gasteiger partial charge in [-0.05, 0) is 36.2 Å². The Bertz CT molecular complexity index is 818. The van der Waals surface area contributed by atoms with Crippen LogP contribution in [-0.4, -0.2) is 13.2 Å². The van der Waals surface area contributed by atoms with Crippen LogP contribution >= 0.6 is 0 Å². The van der Waals surface area contributed by atoms with Crippen LogP contribution in [0.1, 0.15) is 37.2 Å². The van der Waals surface area contributed by atoms with Crippen LogP contribution in [0.25, 0.3) is 11.1 Å². The Labute approximate surface area is 158 Å². The molecule has 2 nitrogen and oxygen atoms in total. The molecule has 152 valence electrons. The lowest BCUT2D eigenvalue weighted by Crippen LogP contribution is -2.27. The van der Waals surface area contributed by atoms with E-state index < -0.39 is 41.0 Å². The maximum atomic E-state index is 14.5. The molecular weight excluding hydrogens is 386 g/mol. The largest absolute Gasteiger partial charge is 0.419 e. The quantitative estimate of drug-likeness (QED) is 0.561. The van der Waals surface area contributed by atoms with Crippen molar-refractivity contribution in [2.24, 2.45) is 5.92 Å². The highest BCUT2D eigenvalue weighted by Crippen LogP contribution is 2.36. The summed E-state index contributed by atoms with van der Waals surface area (Å²) in [6.45, 7) is 2.82. The average molecular weight is 404 g/mol. The molecule has 0 saturated carbocycles. The van der Waals surface area contributed by atoms with Gasteiger partial charge in [0.2, 0.25) is 0 Å². The van der Waals surface area contributed by atoms with E-state index >= 15 is 0 Å². The summed E-state index contributed by atoms with van der Waals surface area (Å²) in [6.07, 6.45) is -3.96. The molecular formula is C20H18F6O2. The molecule has 2 aromatic rings. The van der Waals surface area contributed by atoms with Crippen LogP contribution in [0.2, 0.25) is 0 Å². The van der Waals surface area contributed by atoms with Gasteiger partial charge in [-0.25, -0.2) is 13.2 Å². The lowest BCUT2D eigenvalue weighted by Gasteiger charge is -2.29. The number of rotatable bonds is 4. The van der Waals surface area contributed by atoms with Crippen molar-refractivity contribution >= 4 is 0 Å². The van der Waals surface area contributed by atoms with E-state index in [4.69, 9.17) is 9.47 Å². The average Bonchev–Trinajstić information content (AvgIpc) is 2.61. The topological polar surface area (TPSA) is 18.5 Å². The van der Waals surface area contributed by atoms with E-state index in [0.717, 1.165) is 31.0 Å². The molecule has 2 aromatic carbocycles. The van der Waals surface area contributed by atoms with Crippen LogP contribution in [0.4, 0.5) is 26.3 Å². The first-order valence-corrected chi connectivity index (χ1v) is 8.80. The molecule has 0 radical (unpaired) electrons. The van der Waals surface area contributed by atoms with Crippen molar-refractivity contribution in [3.8, 4) is 11.1 Å². The molecule has 1 fully saturated rings. The number of halogens is 6. The van der Waals surface area contributed by atoms with Crippen LogP contribution in [0, 0.1) is 23.4 Å². The minimum absolute atomic E-state index is 0.112. The zero-order valence-corrected chi connectivity index (χ0v) is 15.0. The van der Waals surface area contributed by atoms with Gasteiger partial charge in [0.05, 0.1) is 24.3 Å². The fraction of sp³-hybridized carbons (Fsp3) is 0.400. The van der Waals surface area contributed by atoms with Crippen LogP contribution in [-0.2, 0) is 15.7 Å². The van der Waals surface area contributed by atoms with E-state index in [9.17, 15) is 26.3 Å². The van der Waals surface area contributed by atoms with Crippen LogP contribution in [0.3, 0.4) is 0 Å². The lowest BCUT2D eigenvalue weighted by atomic mass is 9.99. The highest BCUT2D eigenvalue weighted by molar-refractivity contribution is 5.66. The molecule has 1 heterocycles. The highest BCUT2D eigenvalue weighted by Gasteiger charge is 2.34. The standard InChI is InChI=1S/C20H18F6O2/c1-2-3-11-9-27-19(28-10-11)13-7-16(22)18(17(23)8-13)12-4-5-14(15(21)6-12)20(24,25)26/h4-8,11,19H,2-3,9-10H2,1H3. The molecule has 0 amide bonds. The third kappa shape index (κ3) is 4.33. The van der Waals surface area contributed by atoms with E-state index in [1.807, 2.05) is 6.92 Å². The van der Waals surface area contributed by atoms with Crippen molar-refractivity contribution in [3.05, 3.63) is 58.9 Å². The predicted octanol–water partition coefficient (Wildman–Crippen LogP) is 6.25. The molecule has 0 bridgehead atoms. The number of ether oxygens (including phenoxy) is 2. The Kier molecular flexibility index (Phi) is 6.00. The van der Waals surface area contributed by atoms with Gasteiger partial charge in [0.15, 0.2) is 6.29 Å². The number of benzene rings is 2. The van der Waals surface area contributed by atoms with E-state index in [0.29, 0.717) is 25.3 Å². The first kappa shape index (κ1) is 20.7. The molecule has 0 aliphatic carbocycles. The zero-order valence-electron chi connectivity index (χ0n) is 15.0.